The minimum Gasteiger partial charge on any atom is -0.289 e. The first kappa shape index (κ1) is 13.0. The Kier molecular flexibility index (Phi) is 3.94. The van der Waals surface area contributed by atoms with Crippen LogP contribution in [-0.2, 0) is 0 Å². The molecule has 18 heavy (non-hydrogen) atoms. The molecule has 0 aliphatic rings. The smallest absolute Gasteiger partial charge is 0.187 e. The highest BCUT2D eigenvalue weighted by atomic mass is 35.5. The summed E-state index contributed by atoms with van der Waals surface area (Å²) in [6, 6.07) is 7.68. The number of ketones is 1. The van der Waals surface area contributed by atoms with Crippen LogP contribution in [0.1, 0.15) is 20.1 Å². The van der Waals surface area contributed by atoms with Gasteiger partial charge in [0.15, 0.2) is 5.78 Å². The van der Waals surface area contributed by atoms with Crippen molar-refractivity contribution in [3.8, 4) is 0 Å². The van der Waals surface area contributed by atoms with Crippen molar-refractivity contribution in [2.24, 2.45) is 0 Å². The van der Waals surface area contributed by atoms with Crippen LogP contribution in [0.4, 0.5) is 4.39 Å². The lowest BCUT2D eigenvalue weighted by molar-refractivity contribution is 0.104. The van der Waals surface area contributed by atoms with Crippen LogP contribution in [0.15, 0.2) is 36.4 Å². The second-order valence-corrected chi connectivity index (χ2v) is 5.50. The molecule has 1 aromatic carbocycles. The Morgan fingerprint density at radius 3 is 2.72 bits per heavy atom. The maximum Gasteiger partial charge on any atom is 0.187 e. The Morgan fingerprint density at radius 1 is 1.33 bits per heavy atom. The van der Waals surface area contributed by atoms with Crippen molar-refractivity contribution >= 4 is 34.8 Å². The van der Waals surface area contributed by atoms with Gasteiger partial charge in [0.1, 0.15) is 5.82 Å². The molecule has 1 nitrogen and oxygen atoms in total. The van der Waals surface area contributed by atoms with Gasteiger partial charge in [0.2, 0.25) is 0 Å². The van der Waals surface area contributed by atoms with E-state index < -0.39 is 5.82 Å². The summed E-state index contributed by atoms with van der Waals surface area (Å²) in [5, 5.41) is 0.131. The van der Waals surface area contributed by atoms with Crippen LogP contribution >= 0.6 is 22.9 Å². The summed E-state index contributed by atoms with van der Waals surface area (Å²) < 4.78 is 12.9. The molecule has 0 aliphatic heterocycles. The molecule has 2 rings (SSSR count). The molecular weight excluding hydrogens is 271 g/mol. The zero-order valence-corrected chi connectivity index (χ0v) is 11.2. The van der Waals surface area contributed by atoms with Gasteiger partial charge in [-0.25, -0.2) is 4.39 Å². The molecule has 92 valence electrons. The fourth-order valence-electron chi connectivity index (χ4n) is 1.48. The molecule has 0 saturated heterocycles. The molecule has 0 amide bonds. The summed E-state index contributed by atoms with van der Waals surface area (Å²) in [6.45, 7) is 2.00. The molecular formula is C14H10ClFOS. The Bertz CT molecular complexity index is 616. The van der Waals surface area contributed by atoms with Gasteiger partial charge in [-0.2, -0.15) is 0 Å². The van der Waals surface area contributed by atoms with Crippen molar-refractivity contribution in [2.45, 2.75) is 6.92 Å². The number of thiophene rings is 1. The molecule has 0 N–H and O–H groups in total. The van der Waals surface area contributed by atoms with Crippen LogP contribution in [0.25, 0.3) is 6.08 Å². The second kappa shape index (κ2) is 5.46. The molecule has 4 heteroatoms. The van der Waals surface area contributed by atoms with E-state index in [0.717, 1.165) is 10.9 Å². The van der Waals surface area contributed by atoms with Crippen LogP contribution < -0.4 is 0 Å². The van der Waals surface area contributed by atoms with Crippen molar-refractivity contribution < 1.29 is 9.18 Å². The quantitative estimate of drug-likeness (QED) is 0.586. The van der Waals surface area contributed by atoms with Crippen LogP contribution in [0.2, 0.25) is 5.02 Å². The highest BCUT2D eigenvalue weighted by Gasteiger charge is 2.08. The monoisotopic (exact) mass is 280 g/mol. The van der Waals surface area contributed by atoms with Gasteiger partial charge in [0.25, 0.3) is 0 Å². The van der Waals surface area contributed by atoms with Crippen molar-refractivity contribution in [3.63, 3.8) is 0 Å². The minimum absolute atomic E-state index is 0.131. The first-order chi connectivity index (χ1) is 8.56. The third kappa shape index (κ3) is 3.06. The Balaban J connectivity index is 2.19. The Morgan fingerprint density at radius 2 is 2.11 bits per heavy atom. The average Bonchev–Trinajstić information content (AvgIpc) is 2.72. The van der Waals surface area contributed by atoms with Crippen LogP contribution in [-0.4, -0.2) is 5.78 Å². The third-order valence-corrected chi connectivity index (χ3v) is 3.64. The maximum atomic E-state index is 12.9. The lowest BCUT2D eigenvalue weighted by Gasteiger charge is -1.99. The molecule has 0 aliphatic carbocycles. The van der Waals surface area contributed by atoms with Gasteiger partial charge in [0, 0.05) is 15.3 Å². The largest absolute Gasteiger partial charge is 0.289 e. The van der Waals surface area contributed by atoms with Crippen molar-refractivity contribution in [2.75, 3.05) is 0 Å². The van der Waals surface area contributed by atoms with Crippen LogP contribution in [0.5, 0.6) is 0 Å². The lowest BCUT2D eigenvalue weighted by Crippen LogP contribution is -1.95. The predicted octanol–water partition coefficient (Wildman–Crippen LogP) is 4.75. The zero-order valence-electron chi connectivity index (χ0n) is 9.61. The zero-order chi connectivity index (χ0) is 13.1. The van der Waals surface area contributed by atoms with Crippen LogP contribution in [0.3, 0.4) is 0 Å². The first-order valence-corrected chi connectivity index (χ1v) is 6.49. The lowest BCUT2D eigenvalue weighted by atomic mass is 10.1. The van der Waals surface area contributed by atoms with E-state index in [0.29, 0.717) is 5.56 Å². The van der Waals surface area contributed by atoms with Gasteiger partial charge in [-0.3, -0.25) is 4.79 Å². The maximum absolute atomic E-state index is 12.9. The molecule has 0 unspecified atom stereocenters. The van der Waals surface area contributed by atoms with E-state index in [4.69, 9.17) is 11.6 Å². The number of halogens is 2. The number of hydrogen-bond acceptors (Lipinski definition) is 2. The normalized spacial score (nSPS) is 11.1. The predicted molar refractivity (Wildman–Crippen MR) is 73.8 cm³/mol. The van der Waals surface area contributed by atoms with Gasteiger partial charge < -0.3 is 0 Å². The number of carbonyl (C=O) groups excluding carboxylic acids is 1. The fourth-order valence-corrected chi connectivity index (χ4v) is 2.52. The van der Waals surface area contributed by atoms with Gasteiger partial charge in [0.05, 0.1) is 5.02 Å². The SMILES string of the molecule is Cc1ccc(/C=C/C(=O)c2ccc(F)cc2Cl)s1. The van der Waals surface area contributed by atoms with Crippen molar-refractivity contribution in [1.82, 2.24) is 0 Å². The first-order valence-electron chi connectivity index (χ1n) is 5.30. The molecule has 2 aromatic rings. The summed E-state index contributed by atoms with van der Waals surface area (Å²) in [7, 11) is 0. The molecule has 0 bridgehead atoms. The summed E-state index contributed by atoms with van der Waals surface area (Å²) in [5.74, 6) is -0.680. The number of benzene rings is 1. The van der Waals surface area contributed by atoms with Crippen LogP contribution in [0, 0.1) is 12.7 Å². The molecule has 0 saturated carbocycles. The average molecular weight is 281 g/mol. The topological polar surface area (TPSA) is 17.1 Å². The molecule has 1 aromatic heterocycles. The van der Waals surface area contributed by atoms with E-state index in [9.17, 15) is 9.18 Å². The fraction of sp³-hybridized carbons (Fsp3) is 0.0714. The highest BCUT2D eigenvalue weighted by Crippen LogP contribution is 2.20. The summed E-state index contributed by atoms with van der Waals surface area (Å²) >= 11 is 7.42. The summed E-state index contributed by atoms with van der Waals surface area (Å²) in [5.41, 5.74) is 0.308. The van der Waals surface area contributed by atoms with Crippen molar-refractivity contribution in [1.29, 1.82) is 0 Å². The molecule has 0 fully saturated rings. The van der Waals surface area contributed by atoms with E-state index in [1.807, 2.05) is 19.1 Å². The molecule has 0 spiro atoms. The number of rotatable bonds is 3. The van der Waals surface area contributed by atoms with E-state index in [1.165, 1.54) is 23.1 Å². The second-order valence-electron chi connectivity index (χ2n) is 3.77. The van der Waals surface area contributed by atoms with E-state index >= 15 is 0 Å². The number of carbonyl (C=O) groups is 1. The van der Waals surface area contributed by atoms with E-state index in [2.05, 4.69) is 0 Å². The molecule has 0 atom stereocenters. The van der Waals surface area contributed by atoms with E-state index in [-0.39, 0.29) is 10.8 Å². The number of aryl methyl sites for hydroxylation is 1. The van der Waals surface area contributed by atoms with Crippen molar-refractivity contribution in [3.05, 3.63) is 62.6 Å². The number of hydrogen-bond donors (Lipinski definition) is 0. The summed E-state index contributed by atoms with van der Waals surface area (Å²) in [4.78, 5) is 14.0. The summed E-state index contributed by atoms with van der Waals surface area (Å²) in [6.07, 6.45) is 3.18. The Labute approximate surface area is 114 Å². The standard InChI is InChI=1S/C14H10ClFOS/c1-9-2-4-11(18-9)5-7-14(17)12-6-3-10(16)8-13(12)15/h2-8H,1H3/b7-5+. The molecule has 1 heterocycles. The van der Waals surface area contributed by atoms with Gasteiger partial charge in [-0.05, 0) is 49.4 Å². The third-order valence-electron chi connectivity index (χ3n) is 2.36. The van der Waals surface area contributed by atoms with Gasteiger partial charge in [-0.15, -0.1) is 11.3 Å². The van der Waals surface area contributed by atoms with Gasteiger partial charge >= 0.3 is 0 Å². The van der Waals surface area contributed by atoms with E-state index in [1.54, 1.807) is 17.4 Å². The highest BCUT2D eigenvalue weighted by molar-refractivity contribution is 7.12. The molecule has 0 radical (unpaired) electrons. The van der Waals surface area contributed by atoms with Gasteiger partial charge in [-0.1, -0.05) is 11.6 Å². The Hall–Kier alpha value is -1.45. The number of allylic oxidation sites excluding steroid dienone is 1. The minimum atomic E-state index is -0.450.